The first-order valence-electron chi connectivity index (χ1n) is 7.05. The molecule has 1 nitrogen and oxygen atoms in total. The second-order valence-corrected chi connectivity index (χ2v) is 6.49. The van der Waals surface area contributed by atoms with Crippen LogP contribution in [-0.2, 0) is 0 Å². The summed E-state index contributed by atoms with van der Waals surface area (Å²) in [7, 11) is 0. The van der Waals surface area contributed by atoms with Crippen LogP contribution < -0.4 is 5.32 Å². The Morgan fingerprint density at radius 1 is 1.14 bits per heavy atom. The predicted octanol–water partition coefficient (Wildman–Crippen LogP) is 5.77. The Balaban J connectivity index is 1.91. The molecule has 21 heavy (non-hydrogen) atoms. The summed E-state index contributed by atoms with van der Waals surface area (Å²) in [5.74, 6) is -1.15. The molecular formula is C15H18Cl2F3N. The van der Waals surface area contributed by atoms with Crippen molar-refractivity contribution < 1.29 is 13.2 Å². The quantitative estimate of drug-likeness (QED) is 0.737. The van der Waals surface area contributed by atoms with Crippen molar-refractivity contribution in [2.24, 2.45) is 5.92 Å². The zero-order chi connectivity index (χ0) is 15.6. The van der Waals surface area contributed by atoms with Gasteiger partial charge in [-0.1, -0.05) is 29.3 Å². The third kappa shape index (κ3) is 4.51. The van der Waals surface area contributed by atoms with Crippen molar-refractivity contribution in [2.75, 3.05) is 0 Å². The van der Waals surface area contributed by atoms with E-state index in [0.717, 1.165) is 5.56 Å². The number of hydrogen-bond acceptors (Lipinski definition) is 1. The summed E-state index contributed by atoms with van der Waals surface area (Å²) >= 11 is 12.0. The summed E-state index contributed by atoms with van der Waals surface area (Å²) in [4.78, 5) is 0. The van der Waals surface area contributed by atoms with Crippen LogP contribution in [-0.4, -0.2) is 12.2 Å². The van der Waals surface area contributed by atoms with Gasteiger partial charge in [0.25, 0.3) is 0 Å². The van der Waals surface area contributed by atoms with E-state index in [4.69, 9.17) is 23.2 Å². The second kappa shape index (κ2) is 6.76. The van der Waals surface area contributed by atoms with Gasteiger partial charge in [0.1, 0.15) is 0 Å². The van der Waals surface area contributed by atoms with E-state index in [1.807, 2.05) is 13.0 Å². The minimum Gasteiger partial charge on any atom is -0.307 e. The van der Waals surface area contributed by atoms with Crippen LogP contribution in [0, 0.1) is 5.92 Å². The number of alkyl halides is 3. The molecule has 1 aliphatic rings. The minimum absolute atomic E-state index is 0.0118. The second-order valence-electron chi connectivity index (χ2n) is 5.64. The van der Waals surface area contributed by atoms with Crippen LogP contribution in [0.2, 0.25) is 10.0 Å². The highest BCUT2D eigenvalue weighted by Crippen LogP contribution is 2.38. The van der Waals surface area contributed by atoms with Gasteiger partial charge in [0.2, 0.25) is 0 Å². The first kappa shape index (κ1) is 16.9. The Morgan fingerprint density at radius 2 is 1.76 bits per heavy atom. The van der Waals surface area contributed by atoms with Crippen LogP contribution in [0.1, 0.15) is 44.2 Å². The molecule has 6 heteroatoms. The molecule has 1 aliphatic carbocycles. The van der Waals surface area contributed by atoms with Crippen LogP contribution in [0.25, 0.3) is 0 Å². The lowest BCUT2D eigenvalue weighted by Crippen LogP contribution is -2.38. The summed E-state index contributed by atoms with van der Waals surface area (Å²) < 4.78 is 37.9. The normalized spacial score (nSPS) is 24.9. The fourth-order valence-electron chi connectivity index (χ4n) is 2.88. The van der Waals surface area contributed by atoms with Crippen LogP contribution >= 0.6 is 23.2 Å². The van der Waals surface area contributed by atoms with E-state index in [9.17, 15) is 13.2 Å². The molecule has 1 N–H and O–H groups in total. The van der Waals surface area contributed by atoms with Crippen molar-refractivity contribution in [3.63, 3.8) is 0 Å². The molecule has 0 saturated heterocycles. The number of rotatable bonds is 3. The molecule has 1 aromatic carbocycles. The Bertz CT molecular complexity index is 482. The molecule has 0 aromatic heterocycles. The van der Waals surface area contributed by atoms with Gasteiger partial charge < -0.3 is 5.32 Å². The van der Waals surface area contributed by atoms with Gasteiger partial charge in [-0.2, -0.15) is 13.2 Å². The number of halogens is 5. The predicted molar refractivity (Wildman–Crippen MR) is 79.8 cm³/mol. The van der Waals surface area contributed by atoms with Crippen LogP contribution in [0.4, 0.5) is 13.2 Å². The van der Waals surface area contributed by atoms with Crippen molar-refractivity contribution in [3.05, 3.63) is 33.8 Å². The van der Waals surface area contributed by atoms with Gasteiger partial charge in [0.05, 0.1) is 5.92 Å². The maximum Gasteiger partial charge on any atom is 0.391 e. The zero-order valence-corrected chi connectivity index (χ0v) is 13.2. The largest absolute Gasteiger partial charge is 0.391 e. The third-order valence-corrected chi connectivity index (χ3v) is 4.67. The lowest BCUT2D eigenvalue weighted by molar-refractivity contribution is -0.182. The smallest absolute Gasteiger partial charge is 0.307 e. The Morgan fingerprint density at radius 3 is 2.29 bits per heavy atom. The van der Waals surface area contributed by atoms with Gasteiger partial charge in [-0.3, -0.25) is 0 Å². The molecule has 1 fully saturated rings. The highest BCUT2D eigenvalue weighted by atomic mass is 35.5. The van der Waals surface area contributed by atoms with E-state index in [2.05, 4.69) is 5.32 Å². The van der Waals surface area contributed by atoms with E-state index in [1.165, 1.54) is 0 Å². The van der Waals surface area contributed by atoms with E-state index in [0.29, 0.717) is 22.9 Å². The van der Waals surface area contributed by atoms with E-state index < -0.39 is 12.1 Å². The molecule has 0 heterocycles. The lowest BCUT2D eigenvalue weighted by Gasteiger charge is -2.32. The number of benzene rings is 1. The maximum absolute atomic E-state index is 12.6. The molecular weight excluding hydrogens is 322 g/mol. The van der Waals surface area contributed by atoms with E-state index in [1.54, 1.807) is 12.1 Å². The first-order chi connectivity index (χ1) is 9.77. The van der Waals surface area contributed by atoms with Gasteiger partial charge in [-0.25, -0.2) is 0 Å². The van der Waals surface area contributed by atoms with Crippen molar-refractivity contribution >= 4 is 23.2 Å². The standard InChI is InChI=1S/C15H18Cl2F3N/c1-9(13-7-4-11(16)8-14(13)17)21-12-5-2-10(3-6-12)15(18,19)20/h4,7-10,12,21H,2-3,5-6H2,1H3. The fourth-order valence-corrected chi connectivity index (χ4v) is 3.46. The molecule has 0 bridgehead atoms. The summed E-state index contributed by atoms with van der Waals surface area (Å²) in [6.45, 7) is 1.96. The number of nitrogens with one attached hydrogen (secondary N) is 1. The zero-order valence-electron chi connectivity index (χ0n) is 11.7. The lowest BCUT2D eigenvalue weighted by atomic mass is 9.85. The highest BCUT2D eigenvalue weighted by molar-refractivity contribution is 6.35. The molecule has 2 rings (SSSR count). The molecule has 118 valence electrons. The van der Waals surface area contributed by atoms with Crippen molar-refractivity contribution in [2.45, 2.75) is 50.9 Å². The Hall–Kier alpha value is -0.450. The average molecular weight is 340 g/mol. The van der Waals surface area contributed by atoms with Crippen LogP contribution in [0.3, 0.4) is 0 Å². The topological polar surface area (TPSA) is 12.0 Å². The molecule has 1 saturated carbocycles. The van der Waals surface area contributed by atoms with E-state index in [-0.39, 0.29) is 24.9 Å². The molecule has 0 radical (unpaired) electrons. The van der Waals surface area contributed by atoms with E-state index >= 15 is 0 Å². The van der Waals surface area contributed by atoms with Crippen molar-refractivity contribution in [3.8, 4) is 0 Å². The monoisotopic (exact) mass is 339 g/mol. The Kier molecular flexibility index (Phi) is 5.44. The Labute approximate surface area is 132 Å². The molecule has 1 aromatic rings. The molecule has 0 amide bonds. The third-order valence-electron chi connectivity index (χ3n) is 4.10. The SMILES string of the molecule is CC(NC1CCC(C(F)(F)F)CC1)c1ccc(Cl)cc1Cl. The van der Waals surface area contributed by atoms with Crippen molar-refractivity contribution in [1.82, 2.24) is 5.32 Å². The minimum atomic E-state index is -4.06. The highest BCUT2D eigenvalue weighted by Gasteiger charge is 2.41. The molecule has 0 spiro atoms. The van der Waals surface area contributed by atoms with Gasteiger partial charge in [-0.15, -0.1) is 0 Å². The first-order valence-corrected chi connectivity index (χ1v) is 7.80. The molecule has 1 atom stereocenters. The number of hydrogen-bond donors (Lipinski definition) is 1. The maximum atomic E-state index is 12.6. The summed E-state index contributed by atoms with van der Waals surface area (Å²) in [6, 6.07) is 5.38. The van der Waals surface area contributed by atoms with Crippen molar-refractivity contribution in [1.29, 1.82) is 0 Å². The summed E-state index contributed by atoms with van der Waals surface area (Å²) in [6.07, 6.45) is -2.58. The van der Waals surface area contributed by atoms with Crippen LogP contribution in [0.5, 0.6) is 0 Å². The summed E-state index contributed by atoms with van der Waals surface area (Å²) in [5.41, 5.74) is 0.916. The van der Waals surface area contributed by atoms with Gasteiger partial charge in [0, 0.05) is 22.1 Å². The van der Waals surface area contributed by atoms with Gasteiger partial charge in [-0.05, 0) is 50.3 Å². The van der Waals surface area contributed by atoms with Gasteiger partial charge in [0.15, 0.2) is 0 Å². The average Bonchev–Trinajstić information content (AvgIpc) is 2.38. The molecule has 0 aliphatic heterocycles. The fraction of sp³-hybridized carbons (Fsp3) is 0.600. The molecule has 1 unspecified atom stereocenters. The van der Waals surface area contributed by atoms with Gasteiger partial charge >= 0.3 is 6.18 Å². The van der Waals surface area contributed by atoms with Crippen LogP contribution in [0.15, 0.2) is 18.2 Å². The summed E-state index contributed by atoms with van der Waals surface area (Å²) in [5, 5.41) is 4.52.